The van der Waals surface area contributed by atoms with Gasteiger partial charge in [-0.15, -0.1) is 0 Å². The van der Waals surface area contributed by atoms with E-state index < -0.39 is 18.3 Å². The van der Waals surface area contributed by atoms with Crippen LogP contribution in [0.2, 0.25) is 0 Å². The Balaban J connectivity index is 5.00. The SMILES string of the molecule is CCCCCCCCCCC(O)CN(CCCCO)N(CC(O)CCCCCCCCCC)CC(O)CCCCCCCCCC. The Hall–Kier alpha value is -0.240. The Morgan fingerprint density at radius 3 is 0.935 bits per heavy atom. The van der Waals surface area contributed by atoms with E-state index >= 15 is 0 Å². The van der Waals surface area contributed by atoms with E-state index in [1.807, 2.05) is 0 Å². The fraction of sp³-hybridized carbons (Fsp3) is 1.00. The van der Waals surface area contributed by atoms with Gasteiger partial charge in [0.1, 0.15) is 0 Å². The zero-order chi connectivity index (χ0) is 33.9. The molecule has 0 aromatic heterocycles. The van der Waals surface area contributed by atoms with Crippen molar-refractivity contribution < 1.29 is 20.4 Å². The molecule has 0 aromatic carbocycles. The summed E-state index contributed by atoms with van der Waals surface area (Å²) in [5, 5.41) is 47.1. The Kier molecular flexibility index (Phi) is 35.9. The minimum Gasteiger partial charge on any atom is -0.396 e. The lowest BCUT2D eigenvalue weighted by Crippen LogP contribution is -2.52. The van der Waals surface area contributed by atoms with Gasteiger partial charge in [-0.2, -0.15) is 0 Å². The standard InChI is InChI=1S/C40H84N2O4/c1-4-7-10-13-16-19-22-25-30-38(44)35-41(33-28-29-34-43)42(36-39(45)31-26-23-20-17-14-11-8-5-2)37-40(46)32-27-24-21-18-15-12-9-6-3/h38-40,43-46H,4-37H2,1-3H3. The molecule has 0 aliphatic carbocycles. The van der Waals surface area contributed by atoms with Gasteiger partial charge in [-0.05, 0) is 32.1 Å². The highest BCUT2D eigenvalue weighted by Crippen LogP contribution is 2.17. The Bertz CT molecular complexity index is 553. The molecule has 0 amide bonds. The van der Waals surface area contributed by atoms with E-state index in [4.69, 9.17) is 0 Å². The molecule has 46 heavy (non-hydrogen) atoms. The molecule has 0 aliphatic rings. The second-order valence-electron chi connectivity index (χ2n) is 14.5. The van der Waals surface area contributed by atoms with Crippen LogP contribution in [-0.2, 0) is 0 Å². The second-order valence-corrected chi connectivity index (χ2v) is 14.5. The average molecular weight is 657 g/mol. The van der Waals surface area contributed by atoms with Crippen LogP contribution >= 0.6 is 0 Å². The zero-order valence-corrected chi connectivity index (χ0v) is 31.5. The monoisotopic (exact) mass is 657 g/mol. The fourth-order valence-corrected chi connectivity index (χ4v) is 6.60. The average Bonchev–Trinajstić information content (AvgIpc) is 3.04. The van der Waals surface area contributed by atoms with E-state index in [0.29, 0.717) is 19.6 Å². The predicted octanol–water partition coefficient (Wildman–Crippen LogP) is 9.95. The van der Waals surface area contributed by atoms with Crippen LogP contribution in [-0.4, -0.2) is 81.5 Å². The summed E-state index contributed by atoms with van der Waals surface area (Å²) in [6.07, 6.45) is 32.7. The molecule has 6 nitrogen and oxygen atoms in total. The highest BCUT2D eigenvalue weighted by atomic mass is 16.3. The molecular weight excluding hydrogens is 572 g/mol. The van der Waals surface area contributed by atoms with Crippen molar-refractivity contribution in [2.75, 3.05) is 32.8 Å². The molecule has 0 heterocycles. The summed E-state index contributed by atoms with van der Waals surface area (Å²) in [6.45, 7) is 9.17. The molecular formula is C40H84N2O4. The van der Waals surface area contributed by atoms with E-state index in [1.54, 1.807) is 0 Å². The Morgan fingerprint density at radius 2 is 0.630 bits per heavy atom. The minimum atomic E-state index is -0.444. The van der Waals surface area contributed by atoms with Gasteiger partial charge in [0.2, 0.25) is 0 Å². The smallest absolute Gasteiger partial charge is 0.0681 e. The first kappa shape index (κ1) is 45.8. The molecule has 0 aromatic rings. The lowest BCUT2D eigenvalue weighted by atomic mass is 10.0. The normalized spacial score (nSPS) is 14.0. The lowest BCUT2D eigenvalue weighted by Gasteiger charge is -2.39. The second kappa shape index (κ2) is 36.1. The predicted molar refractivity (Wildman–Crippen MR) is 199 cm³/mol. The quantitative estimate of drug-likeness (QED) is 0.0391. The first-order chi connectivity index (χ1) is 22.5. The maximum Gasteiger partial charge on any atom is 0.0681 e. The summed E-state index contributed by atoms with van der Waals surface area (Å²) in [6, 6.07) is 0. The number of hydrogen-bond donors (Lipinski definition) is 4. The van der Waals surface area contributed by atoms with Crippen molar-refractivity contribution in [2.45, 2.75) is 225 Å². The van der Waals surface area contributed by atoms with Crippen molar-refractivity contribution in [3.05, 3.63) is 0 Å². The minimum absolute atomic E-state index is 0.163. The Morgan fingerprint density at radius 1 is 0.348 bits per heavy atom. The van der Waals surface area contributed by atoms with Crippen molar-refractivity contribution >= 4 is 0 Å². The van der Waals surface area contributed by atoms with Gasteiger partial charge in [0.15, 0.2) is 0 Å². The van der Waals surface area contributed by atoms with Crippen molar-refractivity contribution in [3.63, 3.8) is 0 Å². The Labute approximate surface area is 288 Å². The lowest BCUT2D eigenvalue weighted by molar-refractivity contribution is -0.0967. The maximum atomic E-state index is 11.1. The largest absolute Gasteiger partial charge is 0.396 e. The molecule has 278 valence electrons. The van der Waals surface area contributed by atoms with Crippen LogP contribution < -0.4 is 0 Å². The van der Waals surface area contributed by atoms with Gasteiger partial charge in [0.05, 0.1) is 18.3 Å². The topological polar surface area (TPSA) is 87.4 Å². The molecule has 0 rings (SSSR count). The molecule has 4 N–H and O–H groups in total. The highest BCUT2D eigenvalue weighted by Gasteiger charge is 2.24. The molecule has 0 bridgehead atoms. The van der Waals surface area contributed by atoms with E-state index in [0.717, 1.165) is 57.9 Å². The summed E-state index contributed by atoms with van der Waals surface area (Å²) in [5.74, 6) is 0. The van der Waals surface area contributed by atoms with Gasteiger partial charge in [0, 0.05) is 32.8 Å². The summed E-state index contributed by atoms with van der Waals surface area (Å²) < 4.78 is 0. The third kappa shape index (κ3) is 31.1. The number of hydrogen-bond acceptors (Lipinski definition) is 6. The number of unbranched alkanes of at least 4 members (excludes halogenated alkanes) is 22. The van der Waals surface area contributed by atoms with Gasteiger partial charge < -0.3 is 20.4 Å². The van der Waals surface area contributed by atoms with Crippen molar-refractivity contribution in [2.24, 2.45) is 0 Å². The number of rotatable bonds is 38. The van der Waals surface area contributed by atoms with Crippen LogP contribution in [0, 0.1) is 0 Å². The van der Waals surface area contributed by atoms with Gasteiger partial charge in [-0.25, -0.2) is 10.0 Å². The van der Waals surface area contributed by atoms with Crippen LogP contribution in [0.15, 0.2) is 0 Å². The van der Waals surface area contributed by atoms with Gasteiger partial charge in [-0.1, -0.05) is 175 Å². The third-order valence-electron chi connectivity index (χ3n) is 9.66. The number of hydrazine groups is 1. The summed E-state index contributed by atoms with van der Waals surface area (Å²) in [5.41, 5.74) is 0. The van der Waals surface area contributed by atoms with Crippen LogP contribution in [0.5, 0.6) is 0 Å². The summed E-state index contributed by atoms with van der Waals surface area (Å²) in [4.78, 5) is 0. The number of aliphatic hydroxyl groups is 4. The molecule has 3 atom stereocenters. The van der Waals surface area contributed by atoms with E-state index in [-0.39, 0.29) is 6.61 Å². The number of nitrogens with zero attached hydrogens (tertiary/aromatic N) is 2. The molecule has 0 saturated heterocycles. The van der Waals surface area contributed by atoms with Crippen LogP contribution in [0.25, 0.3) is 0 Å². The van der Waals surface area contributed by atoms with Crippen LogP contribution in [0.1, 0.15) is 207 Å². The first-order valence-corrected chi connectivity index (χ1v) is 20.6. The molecule has 3 unspecified atom stereocenters. The van der Waals surface area contributed by atoms with Crippen molar-refractivity contribution in [3.8, 4) is 0 Å². The first-order valence-electron chi connectivity index (χ1n) is 20.6. The molecule has 0 fully saturated rings. The maximum absolute atomic E-state index is 11.1. The van der Waals surface area contributed by atoms with Gasteiger partial charge >= 0.3 is 0 Å². The van der Waals surface area contributed by atoms with Crippen LogP contribution in [0.4, 0.5) is 0 Å². The molecule has 0 radical (unpaired) electrons. The molecule has 0 spiro atoms. The van der Waals surface area contributed by atoms with Crippen molar-refractivity contribution in [1.82, 2.24) is 10.0 Å². The van der Waals surface area contributed by atoms with Crippen molar-refractivity contribution in [1.29, 1.82) is 0 Å². The molecule has 0 aliphatic heterocycles. The number of aliphatic hydroxyl groups excluding tert-OH is 4. The van der Waals surface area contributed by atoms with Gasteiger partial charge in [0.25, 0.3) is 0 Å². The summed E-state index contributed by atoms with van der Waals surface area (Å²) in [7, 11) is 0. The fourth-order valence-electron chi connectivity index (χ4n) is 6.60. The molecule has 6 heteroatoms. The summed E-state index contributed by atoms with van der Waals surface area (Å²) >= 11 is 0. The molecule has 0 saturated carbocycles. The van der Waals surface area contributed by atoms with E-state index in [9.17, 15) is 20.4 Å². The van der Waals surface area contributed by atoms with Crippen LogP contribution in [0.3, 0.4) is 0 Å². The zero-order valence-electron chi connectivity index (χ0n) is 31.5. The van der Waals surface area contributed by atoms with E-state index in [2.05, 4.69) is 30.8 Å². The van der Waals surface area contributed by atoms with Gasteiger partial charge in [-0.3, -0.25) is 0 Å². The third-order valence-corrected chi connectivity index (χ3v) is 9.66. The van der Waals surface area contributed by atoms with E-state index in [1.165, 1.54) is 135 Å². The highest BCUT2D eigenvalue weighted by molar-refractivity contribution is 4.72.